The molecule has 2 aromatic carbocycles. The Kier molecular flexibility index (Phi) is 7.42. The standard InChI is InChI=1S/C21H22ClNO3/c1-3-15(2)23-20(24)14-26-21(25)19(13-16-7-5-4-6-8-16)17-9-11-18(22)12-10-17/h4-13,15H,3,14H2,1-2H3,(H,23,24)/b19-13+/t15-/m0/s1. The Morgan fingerprint density at radius 2 is 1.77 bits per heavy atom. The van der Waals surface area contributed by atoms with E-state index < -0.39 is 5.97 Å². The van der Waals surface area contributed by atoms with E-state index in [9.17, 15) is 9.59 Å². The average Bonchev–Trinajstić information content (AvgIpc) is 2.65. The number of hydrogen-bond acceptors (Lipinski definition) is 3. The molecule has 0 bridgehead atoms. The van der Waals surface area contributed by atoms with E-state index in [1.54, 1.807) is 30.3 Å². The lowest BCUT2D eigenvalue weighted by molar-refractivity contribution is -0.143. The molecule has 5 heteroatoms. The molecule has 26 heavy (non-hydrogen) atoms. The molecule has 0 spiro atoms. The van der Waals surface area contributed by atoms with Crippen LogP contribution in [-0.4, -0.2) is 24.5 Å². The second kappa shape index (κ2) is 9.78. The van der Waals surface area contributed by atoms with Gasteiger partial charge in [-0.05, 0) is 42.7 Å². The SMILES string of the molecule is CC[C@H](C)NC(=O)COC(=O)/C(=C/c1ccccc1)c1ccc(Cl)cc1. The van der Waals surface area contributed by atoms with Gasteiger partial charge >= 0.3 is 5.97 Å². The molecule has 0 radical (unpaired) electrons. The molecule has 0 heterocycles. The summed E-state index contributed by atoms with van der Waals surface area (Å²) in [6.45, 7) is 3.55. The molecule has 0 saturated heterocycles. The fraction of sp³-hybridized carbons (Fsp3) is 0.238. The number of halogens is 1. The number of amides is 1. The van der Waals surface area contributed by atoms with E-state index in [0.717, 1.165) is 12.0 Å². The molecule has 0 unspecified atom stereocenters. The van der Waals surface area contributed by atoms with Gasteiger partial charge in [0.2, 0.25) is 0 Å². The van der Waals surface area contributed by atoms with E-state index in [0.29, 0.717) is 16.2 Å². The molecular weight excluding hydrogens is 350 g/mol. The highest BCUT2D eigenvalue weighted by Gasteiger charge is 2.16. The van der Waals surface area contributed by atoms with Crippen molar-refractivity contribution in [3.8, 4) is 0 Å². The first kappa shape index (κ1) is 19.7. The quantitative estimate of drug-likeness (QED) is 0.447. The molecule has 0 aromatic heterocycles. The molecule has 0 saturated carbocycles. The summed E-state index contributed by atoms with van der Waals surface area (Å²) in [6, 6.07) is 16.4. The summed E-state index contributed by atoms with van der Waals surface area (Å²) in [5, 5.41) is 3.35. The van der Waals surface area contributed by atoms with Gasteiger partial charge in [-0.2, -0.15) is 0 Å². The van der Waals surface area contributed by atoms with Crippen LogP contribution in [0.3, 0.4) is 0 Å². The highest BCUT2D eigenvalue weighted by atomic mass is 35.5. The molecular formula is C21H22ClNO3. The minimum absolute atomic E-state index is 0.0387. The third-order valence-corrected chi connectivity index (χ3v) is 4.09. The Morgan fingerprint density at radius 3 is 2.38 bits per heavy atom. The maximum atomic E-state index is 12.6. The second-order valence-electron chi connectivity index (χ2n) is 5.93. The van der Waals surface area contributed by atoms with Gasteiger partial charge in [0.05, 0.1) is 5.57 Å². The normalized spacial score (nSPS) is 12.3. The number of benzene rings is 2. The zero-order chi connectivity index (χ0) is 18.9. The molecule has 2 aromatic rings. The number of rotatable bonds is 7. The lowest BCUT2D eigenvalue weighted by Gasteiger charge is -2.12. The van der Waals surface area contributed by atoms with E-state index in [4.69, 9.17) is 16.3 Å². The van der Waals surface area contributed by atoms with Crippen LogP contribution in [0.4, 0.5) is 0 Å². The maximum absolute atomic E-state index is 12.6. The van der Waals surface area contributed by atoms with Crippen LogP contribution in [-0.2, 0) is 14.3 Å². The number of ether oxygens (including phenoxy) is 1. The lowest BCUT2D eigenvalue weighted by Crippen LogP contribution is -2.35. The van der Waals surface area contributed by atoms with Gasteiger partial charge in [0.1, 0.15) is 0 Å². The Bertz CT molecular complexity index is 770. The van der Waals surface area contributed by atoms with E-state index in [1.165, 1.54) is 0 Å². The largest absolute Gasteiger partial charge is 0.452 e. The molecule has 0 aliphatic heterocycles. The number of hydrogen-bond donors (Lipinski definition) is 1. The highest BCUT2D eigenvalue weighted by Crippen LogP contribution is 2.22. The topological polar surface area (TPSA) is 55.4 Å². The van der Waals surface area contributed by atoms with Crippen LogP contribution in [0.1, 0.15) is 31.4 Å². The van der Waals surface area contributed by atoms with E-state index in [1.807, 2.05) is 44.2 Å². The van der Waals surface area contributed by atoms with Crippen LogP contribution in [0.15, 0.2) is 54.6 Å². The number of esters is 1. The Hall–Kier alpha value is -2.59. The van der Waals surface area contributed by atoms with Crippen molar-refractivity contribution in [2.75, 3.05) is 6.61 Å². The van der Waals surface area contributed by atoms with E-state index >= 15 is 0 Å². The second-order valence-corrected chi connectivity index (χ2v) is 6.36. The Labute approximate surface area is 158 Å². The minimum Gasteiger partial charge on any atom is -0.452 e. The zero-order valence-electron chi connectivity index (χ0n) is 14.9. The van der Waals surface area contributed by atoms with Crippen LogP contribution in [0.25, 0.3) is 11.6 Å². The molecule has 136 valence electrons. The summed E-state index contributed by atoms with van der Waals surface area (Å²) >= 11 is 5.93. The first-order valence-electron chi connectivity index (χ1n) is 8.48. The number of carbonyl (C=O) groups is 2. The van der Waals surface area contributed by atoms with Gasteiger partial charge in [-0.3, -0.25) is 4.79 Å². The molecule has 1 N–H and O–H groups in total. The summed E-state index contributed by atoms with van der Waals surface area (Å²) < 4.78 is 5.22. The molecule has 0 aliphatic carbocycles. The Morgan fingerprint density at radius 1 is 1.12 bits per heavy atom. The van der Waals surface area contributed by atoms with Crippen molar-refractivity contribution in [3.63, 3.8) is 0 Å². The van der Waals surface area contributed by atoms with Gasteiger partial charge < -0.3 is 10.1 Å². The van der Waals surface area contributed by atoms with Gasteiger partial charge in [0.25, 0.3) is 5.91 Å². The third-order valence-electron chi connectivity index (χ3n) is 3.84. The first-order valence-corrected chi connectivity index (χ1v) is 8.86. The van der Waals surface area contributed by atoms with Crippen molar-refractivity contribution >= 4 is 35.1 Å². The summed E-state index contributed by atoms with van der Waals surface area (Å²) in [6.07, 6.45) is 2.54. The molecule has 4 nitrogen and oxygen atoms in total. The molecule has 1 amide bonds. The van der Waals surface area contributed by atoms with E-state index in [-0.39, 0.29) is 18.6 Å². The monoisotopic (exact) mass is 371 g/mol. The van der Waals surface area contributed by atoms with Gasteiger partial charge in [-0.15, -0.1) is 0 Å². The summed E-state index contributed by atoms with van der Waals surface area (Å²) in [5.74, 6) is -0.877. The third kappa shape index (κ3) is 6.05. The smallest absolute Gasteiger partial charge is 0.339 e. The fourth-order valence-electron chi connectivity index (χ4n) is 2.23. The Balaban J connectivity index is 2.18. The molecule has 2 rings (SSSR count). The average molecular weight is 372 g/mol. The van der Waals surface area contributed by atoms with Gasteiger partial charge in [-0.25, -0.2) is 4.79 Å². The van der Waals surface area contributed by atoms with Crippen LogP contribution >= 0.6 is 11.6 Å². The fourth-order valence-corrected chi connectivity index (χ4v) is 2.36. The minimum atomic E-state index is -0.560. The van der Waals surface area contributed by atoms with Crippen LogP contribution in [0, 0.1) is 0 Å². The van der Waals surface area contributed by atoms with Gasteiger partial charge in [0, 0.05) is 11.1 Å². The van der Waals surface area contributed by atoms with Gasteiger partial charge in [0.15, 0.2) is 6.61 Å². The zero-order valence-corrected chi connectivity index (χ0v) is 15.6. The predicted octanol–water partition coefficient (Wildman–Crippen LogP) is 4.34. The molecule has 1 atom stereocenters. The lowest BCUT2D eigenvalue weighted by atomic mass is 10.0. The molecule has 0 aliphatic rings. The van der Waals surface area contributed by atoms with Crippen LogP contribution < -0.4 is 5.32 Å². The summed E-state index contributed by atoms with van der Waals surface area (Å²) in [7, 11) is 0. The highest BCUT2D eigenvalue weighted by molar-refractivity contribution is 6.30. The number of carbonyl (C=O) groups excluding carboxylic acids is 2. The first-order chi connectivity index (χ1) is 12.5. The summed E-state index contributed by atoms with van der Waals surface area (Å²) in [4.78, 5) is 24.4. The van der Waals surface area contributed by atoms with Crippen molar-refractivity contribution in [1.82, 2.24) is 5.32 Å². The number of nitrogens with one attached hydrogen (secondary N) is 1. The van der Waals surface area contributed by atoms with Crippen molar-refractivity contribution in [2.24, 2.45) is 0 Å². The maximum Gasteiger partial charge on any atom is 0.339 e. The van der Waals surface area contributed by atoms with E-state index in [2.05, 4.69) is 5.32 Å². The van der Waals surface area contributed by atoms with Crippen LogP contribution in [0.5, 0.6) is 0 Å². The van der Waals surface area contributed by atoms with Crippen molar-refractivity contribution in [1.29, 1.82) is 0 Å². The van der Waals surface area contributed by atoms with Crippen molar-refractivity contribution < 1.29 is 14.3 Å². The van der Waals surface area contributed by atoms with Gasteiger partial charge in [-0.1, -0.05) is 61.0 Å². The molecule has 0 fully saturated rings. The van der Waals surface area contributed by atoms with Crippen molar-refractivity contribution in [2.45, 2.75) is 26.3 Å². The predicted molar refractivity (Wildman–Crippen MR) is 105 cm³/mol. The van der Waals surface area contributed by atoms with Crippen molar-refractivity contribution in [3.05, 3.63) is 70.7 Å². The summed E-state index contributed by atoms with van der Waals surface area (Å²) in [5.41, 5.74) is 1.90. The van der Waals surface area contributed by atoms with Crippen LogP contribution in [0.2, 0.25) is 5.02 Å².